The number of ketones is 1. The van der Waals surface area contributed by atoms with Gasteiger partial charge in [0.05, 0.1) is 5.69 Å². The van der Waals surface area contributed by atoms with Crippen LogP contribution >= 0.6 is 0 Å². The standard InChI is InChI=1S/C17H10F6N4O2/c1-8-13(14(28)9-2-4-24-11(6-9)16(18,19)20)15(29)27(26-8)10-3-5-25-12(7-10)17(21,22)23/h2-7,26H,1H3. The molecule has 3 rings (SSSR count). The number of hydrogen-bond acceptors (Lipinski definition) is 4. The van der Waals surface area contributed by atoms with Crippen LogP contribution in [0.1, 0.15) is 33.0 Å². The molecule has 12 heteroatoms. The molecule has 0 atom stereocenters. The molecule has 0 saturated heterocycles. The Balaban J connectivity index is 2.08. The fraction of sp³-hybridized carbons (Fsp3) is 0.176. The topological polar surface area (TPSA) is 80.6 Å². The third-order valence-corrected chi connectivity index (χ3v) is 3.90. The first-order chi connectivity index (χ1) is 13.4. The Bertz CT molecular complexity index is 1140. The van der Waals surface area contributed by atoms with Crippen LogP contribution in [-0.4, -0.2) is 25.5 Å². The summed E-state index contributed by atoms with van der Waals surface area (Å²) in [6.07, 6.45) is -7.95. The number of pyridine rings is 2. The summed E-state index contributed by atoms with van der Waals surface area (Å²) in [6, 6.07) is 3.20. The first-order valence-corrected chi connectivity index (χ1v) is 7.83. The van der Waals surface area contributed by atoms with Crippen molar-refractivity contribution in [3.05, 3.63) is 75.2 Å². The maximum atomic E-state index is 12.8. The van der Waals surface area contributed by atoms with E-state index in [9.17, 15) is 35.9 Å². The summed E-state index contributed by atoms with van der Waals surface area (Å²) in [5, 5.41) is 2.45. The van der Waals surface area contributed by atoms with Crippen molar-refractivity contribution in [3.8, 4) is 5.69 Å². The van der Waals surface area contributed by atoms with Gasteiger partial charge < -0.3 is 0 Å². The van der Waals surface area contributed by atoms with Crippen LogP contribution < -0.4 is 5.56 Å². The molecule has 0 aromatic carbocycles. The molecular formula is C17H10F6N4O2. The molecule has 0 aliphatic heterocycles. The van der Waals surface area contributed by atoms with Crippen LogP contribution in [0.5, 0.6) is 0 Å². The van der Waals surface area contributed by atoms with E-state index in [0.29, 0.717) is 16.8 Å². The van der Waals surface area contributed by atoms with E-state index in [1.807, 2.05) is 0 Å². The van der Waals surface area contributed by atoms with Crippen molar-refractivity contribution >= 4 is 5.78 Å². The second-order valence-electron chi connectivity index (χ2n) is 5.91. The molecule has 0 radical (unpaired) electrons. The fourth-order valence-corrected chi connectivity index (χ4v) is 2.58. The monoisotopic (exact) mass is 416 g/mol. The van der Waals surface area contributed by atoms with E-state index in [0.717, 1.165) is 24.5 Å². The lowest BCUT2D eigenvalue weighted by Crippen LogP contribution is -2.22. The number of aromatic amines is 1. The summed E-state index contributed by atoms with van der Waals surface area (Å²) in [5.74, 6) is -1.03. The number of hydrogen-bond donors (Lipinski definition) is 1. The van der Waals surface area contributed by atoms with Gasteiger partial charge in [-0.1, -0.05) is 0 Å². The highest BCUT2D eigenvalue weighted by atomic mass is 19.4. The number of nitrogens with zero attached hydrogens (tertiary/aromatic N) is 3. The molecule has 0 aliphatic rings. The highest BCUT2D eigenvalue weighted by molar-refractivity contribution is 6.09. The smallest absolute Gasteiger partial charge is 0.295 e. The largest absolute Gasteiger partial charge is 0.433 e. The zero-order valence-corrected chi connectivity index (χ0v) is 14.4. The average Bonchev–Trinajstić information content (AvgIpc) is 2.94. The summed E-state index contributed by atoms with van der Waals surface area (Å²) in [7, 11) is 0. The lowest BCUT2D eigenvalue weighted by atomic mass is 10.0. The first-order valence-electron chi connectivity index (χ1n) is 7.83. The molecule has 6 nitrogen and oxygen atoms in total. The molecule has 3 aromatic rings. The van der Waals surface area contributed by atoms with Crippen molar-refractivity contribution in [3.63, 3.8) is 0 Å². The zero-order valence-electron chi connectivity index (χ0n) is 14.4. The van der Waals surface area contributed by atoms with Gasteiger partial charge in [-0.25, -0.2) is 4.68 Å². The lowest BCUT2D eigenvalue weighted by molar-refractivity contribution is -0.142. The van der Waals surface area contributed by atoms with Crippen LogP contribution in [0, 0.1) is 6.92 Å². The number of alkyl halides is 6. The quantitative estimate of drug-likeness (QED) is 0.523. The van der Waals surface area contributed by atoms with E-state index in [2.05, 4.69) is 15.1 Å². The van der Waals surface area contributed by atoms with E-state index in [1.54, 1.807) is 0 Å². The van der Waals surface area contributed by atoms with Crippen molar-refractivity contribution in [2.75, 3.05) is 0 Å². The van der Waals surface area contributed by atoms with Gasteiger partial charge in [-0.15, -0.1) is 0 Å². The molecule has 0 unspecified atom stereocenters. The number of H-pyrrole nitrogens is 1. The van der Waals surface area contributed by atoms with Crippen LogP contribution in [0.15, 0.2) is 41.5 Å². The maximum absolute atomic E-state index is 12.8. The van der Waals surface area contributed by atoms with Crippen LogP contribution in [0.2, 0.25) is 0 Å². The van der Waals surface area contributed by atoms with Crippen molar-refractivity contribution in [1.29, 1.82) is 0 Å². The van der Waals surface area contributed by atoms with Crippen molar-refractivity contribution in [2.24, 2.45) is 0 Å². The molecule has 0 bridgehead atoms. The summed E-state index contributed by atoms with van der Waals surface area (Å²) in [6.45, 7) is 1.29. The summed E-state index contributed by atoms with van der Waals surface area (Å²) < 4.78 is 77.6. The number of aryl methyl sites for hydroxylation is 1. The lowest BCUT2D eigenvalue weighted by Gasteiger charge is -2.07. The van der Waals surface area contributed by atoms with Gasteiger partial charge in [-0.2, -0.15) is 26.3 Å². The van der Waals surface area contributed by atoms with Crippen molar-refractivity contribution in [1.82, 2.24) is 19.7 Å². The molecule has 0 aliphatic carbocycles. The zero-order chi connectivity index (χ0) is 21.6. The van der Waals surface area contributed by atoms with Crippen molar-refractivity contribution < 1.29 is 31.1 Å². The summed E-state index contributed by atoms with van der Waals surface area (Å²) in [5.41, 5.74) is -4.82. The van der Waals surface area contributed by atoms with Gasteiger partial charge in [0.25, 0.3) is 5.56 Å². The molecule has 0 saturated carbocycles. The van der Waals surface area contributed by atoms with E-state index >= 15 is 0 Å². The normalized spacial score (nSPS) is 12.2. The van der Waals surface area contributed by atoms with Crippen LogP contribution in [0.3, 0.4) is 0 Å². The van der Waals surface area contributed by atoms with E-state index < -0.39 is 46.2 Å². The Morgan fingerprint density at radius 3 is 2.10 bits per heavy atom. The van der Waals surface area contributed by atoms with Gasteiger partial charge in [0.15, 0.2) is 0 Å². The average molecular weight is 416 g/mol. The van der Waals surface area contributed by atoms with Gasteiger partial charge in [-0.05, 0) is 31.2 Å². The Hall–Kier alpha value is -3.44. The number of rotatable bonds is 3. The summed E-state index contributed by atoms with van der Waals surface area (Å²) in [4.78, 5) is 31.5. The predicted molar refractivity (Wildman–Crippen MR) is 86.6 cm³/mol. The summed E-state index contributed by atoms with van der Waals surface area (Å²) >= 11 is 0. The number of aromatic nitrogens is 4. The van der Waals surface area contributed by atoms with E-state index in [-0.39, 0.29) is 11.4 Å². The minimum absolute atomic E-state index is 0.0317. The minimum atomic E-state index is -4.80. The first kappa shape index (κ1) is 20.3. The molecule has 3 heterocycles. The Labute approximate surface area is 157 Å². The highest BCUT2D eigenvalue weighted by Crippen LogP contribution is 2.29. The van der Waals surface area contributed by atoms with Gasteiger partial charge in [0.1, 0.15) is 17.0 Å². The van der Waals surface area contributed by atoms with Crippen LogP contribution in [-0.2, 0) is 12.4 Å². The molecule has 0 amide bonds. The number of nitrogens with one attached hydrogen (secondary N) is 1. The molecule has 0 spiro atoms. The SMILES string of the molecule is Cc1[nH]n(-c2ccnc(C(F)(F)F)c2)c(=O)c1C(=O)c1ccnc(C(F)(F)F)c1. The second-order valence-corrected chi connectivity index (χ2v) is 5.91. The predicted octanol–water partition coefficient (Wildman–Crippen LogP) is 3.53. The van der Waals surface area contributed by atoms with Gasteiger partial charge in [0, 0.05) is 23.7 Å². The minimum Gasteiger partial charge on any atom is -0.295 e. The molecule has 0 fully saturated rings. The number of halogens is 6. The highest BCUT2D eigenvalue weighted by Gasteiger charge is 2.34. The molecule has 152 valence electrons. The Morgan fingerprint density at radius 2 is 1.52 bits per heavy atom. The fourth-order valence-electron chi connectivity index (χ4n) is 2.58. The van der Waals surface area contributed by atoms with Gasteiger partial charge in [-0.3, -0.25) is 24.7 Å². The van der Waals surface area contributed by atoms with E-state index in [1.165, 1.54) is 6.92 Å². The molecule has 3 aromatic heterocycles. The Kier molecular flexibility index (Phi) is 4.81. The molecule has 1 N–H and O–H groups in total. The maximum Gasteiger partial charge on any atom is 0.433 e. The van der Waals surface area contributed by atoms with Gasteiger partial charge >= 0.3 is 12.4 Å². The number of carbonyl (C=O) groups excluding carboxylic acids is 1. The third kappa shape index (κ3) is 3.91. The van der Waals surface area contributed by atoms with E-state index in [4.69, 9.17) is 0 Å². The van der Waals surface area contributed by atoms with Crippen molar-refractivity contribution in [2.45, 2.75) is 19.3 Å². The molecular weight excluding hydrogens is 406 g/mol. The van der Waals surface area contributed by atoms with Crippen LogP contribution in [0.25, 0.3) is 5.69 Å². The van der Waals surface area contributed by atoms with Gasteiger partial charge in [0.2, 0.25) is 5.78 Å². The molecule has 29 heavy (non-hydrogen) atoms. The van der Waals surface area contributed by atoms with Crippen LogP contribution in [0.4, 0.5) is 26.3 Å². The number of carbonyl (C=O) groups is 1. The Morgan fingerprint density at radius 1 is 0.966 bits per heavy atom. The second kappa shape index (κ2) is 6.87. The third-order valence-electron chi connectivity index (χ3n) is 3.90.